The first-order chi connectivity index (χ1) is 18.9. The van der Waals surface area contributed by atoms with Crippen molar-refractivity contribution in [3.63, 3.8) is 0 Å². The van der Waals surface area contributed by atoms with Gasteiger partial charge >= 0.3 is 13.8 Å². The predicted molar refractivity (Wildman–Crippen MR) is 161 cm³/mol. The number of rotatable bonds is 17. The molecule has 0 bridgehead atoms. The fourth-order valence-electron chi connectivity index (χ4n) is 5.38. The second-order valence-corrected chi connectivity index (χ2v) is 12.9. The minimum absolute atomic E-state index is 0.0697. The lowest BCUT2D eigenvalue weighted by molar-refractivity contribution is -0.143. The lowest BCUT2D eigenvalue weighted by Crippen LogP contribution is -2.29. The first kappa shape index (κ1) is 34.3. The molecule has 0 heterocycles. The number of phenols is 1. The number of hydrogen-bond donors (Lipinski definition) is 2. The maximum absolute atomic E-state index is 13.6. The summed E-state index contributed by atoms with van der Waals surface area (Å²) in [6, 6.07) is 3.54. The molecule has 0 fully saturated rings. The number of ether oxygens (including phenoxy) is 1. The molecule has 0 aliphatic heterocycles. The van der Waals surface area contributed by atoms with Crippen molar-refractivity contribution < 1.29 is 33.1 Å². The van der Waals surface area contributed by atoms with E-state index < -0.39 is 26.0 Å². The van der Waals surface area contributed by atoms with Crippen molar-refractivity contribution in [2.45, 2.75) is 130 Å². The van der Waals surface area contributed by atoms with Crippen LogP contribution in [0.15, 0.2) is 35.9 Å². The molecule has 1 aliphatic carbocycles. The highest BCUT2D eigenvalue weighted by Crippen LogP contribution is 2.49. The summed E-state index contributed by atoms with van der Waals surface area (Å²) in [6.07, 6.45) is 9.80. The first-order valence-corrected chi connectivity index (χ1v) is 16.5. The zero-order valence-corrected chi connectivity index (χ0v) is 26.3. The summed E-state index contributed by atoms with van der Waals surface area (Å²) >= 11 is 0. The Bertz CT molecular complexity index is 1060. The van der Waals surface area contributed by atoms with Gasteiger partial charge in [0.15, 0.2) is 6.10 Å². The summed E-state index contributed by atoms with van der Waals surface area (Å²) < 4.78 is 29.1. The molecule has 2 rings (SSSR count). The van der Waals surface area contributed by atoms with E-state index in [0.29, 0.717) is 18.4 Å². The normalized spacial score (nSPS) is 19.6. The lowest BCUT2D eigenvalue weighted by atomic mass is 9.73. The zero-order valence-electron chi connectivity index (χ0n) is 25.4. The van der Waals surface area contributed by atoms with Crippen LogP contribution in [-0.2, 0) is 24.8 Å². The van der Waals surface area contributed by atoms with E-state index >= 15 is 0 Å². The molecule has 0 spiro atoms. The third-order valence-electron chi connectivity index (χ3n) is 7.33. The van der Waals surface area contributed by atoms with E-state index in [2.05, 4.69) is 26.5 Å². The van der Waals surface area contributed by atoms with Crippen LogP contribution in [0.1, 0.15) is 123 Å². The van der Waals surface area contributed by atoms with Gasteiger partial charge in [-0.05, 0) is 77.0 Å². The molecule has 1 aromatic rings. The fourth-order valence-corrected chi connectivity index (χ4v) is 6.47. The SMILES string of the molecule is C=C(C)[C@@H]1CCC(C)=C[C@H]1c1c(O)cc(CCC)cc1OC(=O)C(CCCCCCCC)OP(=O)(O)OC(C)C. The summed E-state index contributed by atoms with van der Waals surface area (Å²) in [5.41, 5.74) is 3.58. The fraction of sp³-hybridized carbons (Fsp3) is 0.656. The van der Waals surface area contributed by atoms with Crippen LogP contribution < -0.4 is 4.74 Å². The van der Waals surface area contributed by atoms with Gasteiger partial charge in [-0.15, -0.1) is 0 Å². The maximum atomic E-state index is 13.6. The number of allylic oxidation sites excluding steroid dienone is 3. The van der Waals surface area contributed by atoms with Crippen LogP contribution in [0.5, 0.6) is 11.5 Å². The molecule has 40 heavy (non-hydrogen) atoms. The molecule has 0 saturated carbocycles. The van der Waals surface area contributed by atoms with Gasteiger partial charge < -0.3 is 14.7 Å². The van der Waals surface area contributed by atoms with Crippen LogP contribution in [0.4, 0.5) is 0 Å². The molecule has 0 saturated heterocycles. The topological polar surface area (TPSA) is 102 Å². The highest BCUT2D eigenvalue weighted by atomic mass is 31.2. The second-order valence-electron chi connectivity index (χ2n) is 11.5. The van der Waals surface area contributed by atoms with Crippen LogP contribution >= 0.6 is 7.82 Å². The Morgan fingerprint density at radius 1 is 1.10 bits per heavy atom. The molecule has 1 aliphatic rings. The molecule has 226 valence electrons. The predicted octanol–water partition coefficient (Wildman–Crippen LogP) is 8.93. The Hall–Kier alpha value is -1.92. The van der Waals surface area contributed by atoms with Crippen molar-refractivity contribution in [1.82, 2.24) is 0 Å². The Labute approximate surface area is 241 Å². The van der Waals surface area contributed by atoms with Gasteiger partial charge in [-0.3, -0.25) is 9.05 Å². The summed E-state index contributed by atoms with van der Waals surface area (Å²) in [5, 5.41) is 11.2. The zero-order chi connectivity index (χ0) is 29.9. The molecule has 0 radical (unpaired) electrons. The summed E-state index contributed by atoms with van der Waals surface area (Å²) in [4.78, 5) is 23.9. The molecule has 0 amide bonds. The third kappa shape index (κ3) is 10.8. The van der Waals surface area contributed by atoms with Crippen molar-refractivity contribution in [2.24, 2.45) is 5.92 Å². The number of esters is 1. The van der Waals surface area contributed by atoms with E-state index in [1.165, 1.54) is 5.57 Å². The highest BCUT2D eigenvalue weighted by Gasteiger charge is 2.35. The van der Waals surface area contributed by atoms with Crippen LogP contribution in [0.3, 0.4) is 0 Å². The minimum Gasteiger partial charge on any atom is -0.507 e. The first-order valence-electron chi connectivity index (χ1n) is 15.0. The van der Waals surface area contributed by atoms with Gasteiger partial charge in [0.05, 0.1) is 6.10 Å². The standard InChI is InChI=1S/C32H51O7P/c1-8-10-11-12-13-14-16-29(39-40(35,36)38-23(5)6)32(34)37-30-21-25(15-9-2)20-28(33)31(30)27-19-24(7)17-18-26(27)22(3)4/h19-21,23,26-27,29,33H,3,8-18H2,1-2,4-7H3,(H,35,36)/t26-,27+,29?/m0/s1. The van der Waals surface area contributed by atoms with E-state index in [0.717, 1.165) is 62.5 Å². The molecule has 2 unspecified atom stereocenters. The number of benzene rings is 1. The maximum Gasteiger partial charge on any atom is 0.473 e. The van der Waals surface area contributed by atoms with Crippen LogP contribution in [0.2, 0.25) is 0 Å². The van der Waals surface area contributed by atoms with Crippen LogP contribution in [0.25, 0.3) is 0 Å². The average molecular weight is 579 g/mol. The molecule has 0 aromatic heterocycles. The molecule has 2 N–H and O–H groups in total. The Morgan fingerprint density at radius 3 is 2.40 bits per heavy atom. The van der Waals surface area contributed by atoms with Crippen molar-refractivity contribution in [2.75, 3.05) is 0 Å². The number of phenolic OH excluding ortho intramolecular Hbond substituents is 1. The number of aromatic hydroxyl groups is 1. The van der Waals surface area contributed by atoms with Gasteiger partial charge in [0, 0.05) is 11.5 Å². The molecular formula is C32H51O7P. The van der Waals surface area contributed by atoms with Gasteiger partial charge in [0.2, 0.25) is 0 Å². The molecule has 4 atom stereocenters. The van der Waals surface area contributed by atoms with Crippen molar-refractivity contribution >= 4 is 13.8 Å². The molecular weight excluding hydrogens is 527 g/mol. The smallest absolute Gasteiger partial charge is 0.473 e. The van der Waals surface area contributed by atoms with E-state index in [4.69, 9.17) is 13.8 Å². The van der Waals surface area contributed by atoms with Crippen molar-refractivity contribution in [1.29, 1.82) is 0 Å². The van der Waals surface area contributed by atoms with Crippen LogP contribution in [-0.4, -0.2) is 28.2 Å². The van der Waals surface area contributed by atoms with E-state index in [1.54, 1.807) is 26.0 Å². The molecule has 8 heteroatoms. The Kier molecular flexibility index (Phi) is 14.1. The number of phosphoric ester groups is 1. The van der Waals surface area contributed by atoms with E-state index in [9.17, 15) is 19.4 Å². The largest absolute Gasteiger partial charge is 0.507 e. The summed E-state index contributed by atoms with van der Waals surface area (Å²) in [6.45, 7) is 15.7. The Morgan fingerprint density at radius 2 is 1.77 bits per heavy atom. The number of carbonyl (C=O) groups excluding carboxylic acids is 1. The quantitative estimate of drug-likeness (QED) is 0.0625. The number of phosphoric acid groups is 1. The number of aryl methyl sites for hydroxylation is 1. The minimum atomic E-state index is -4.50. The van der Waals surface area contributed by atoms with Crippen LogP contribution in [0, 0.1) is 5.92 Å². The van der Waals surface area contributed by atoms with E-state index in [-0.39, 0.29) is 29.8 Å². The van der Waals surface area contributed by atoms with Gasteiger partial charge in [0.1, 0.15) is 11.5 Å². The van der Waals surface area contributed by atoms with E-state index in [1.807, 2.05) is 13.8 Å². The number of carbonyl (C=O) groups is 1. The summed E-state index contributed by atoms with van der Waals surface area (Å²) in [5.74, 6) is -0.579. The van der Waals surface area contributed by atoms with Gasteiger partial charge in [0.25, 0.3) is 0 Å². The van der Waals surface area contributed by atoms with Gasteiger partial charge in [-0.1, -0.05) is 82.6 Å². The lowest BCUT2D eigenvalue weighted by Gasteiger charge is -2.32. The molecule has 7 nitrogen and oxygen atoms in total. The monoisotopic (exact) mass is 578 g/mol. The van der Waals surface area contributed by atoms with Crippen molar-refractivity contribution in [3.05, 3.63) is 47.1 Å². The molecule has 1 aromatic carbocycles. The average Bonchev–Trinajstić information content (AvgIpc) is 2.84. The van der Waals surface area contributed by atoms with Gasteiger partial charge in [-0.2, -0.15) is 0 Å². The number of hydrogen-bond acceptors (Lipinski definition) is 6. The third-order valence-corrected chi connectivity index (χ3v) is 8.54. The second kappa shape index (κ2) is 16.5. The van der Waals surface area contributed by atoms with Crippen molar-refractivity contribution in [3.8, 4) is 11.5 Å². The highest BCUT2D eigenvalue weighted by molar-refractivity contribution is 7.47. The van der Waals surface area contributed by atoms with Gasteiger partial charge in [-0.25, -0.2) is 9.36 Å². The Balaban J connectivity index is 2.43. The number of unbranched alkanes of at least 4 members (excludes halogenated alkanes) is 5. The summed E-state index contributed by atoms with van der Waals surface area (Å²) in [7, 11) is -4.50.